The van der Waals surface area contributed by atoms with E-state index in [-0.39, 0.29) is 16.5 Å². The van der Waals surface area contributed by atoms with Gasteiger partial charge in [-0.3, -0.25) is 0 Å². The molecule has 0 amide bonds. The van der Waals surface area contributed by atoms with Gasteiger partial charge in [-0.1, -0.05) is 471 Å². The zero-order valence-electron chi connectivity index (χ0n) is 84.8. The van der Waals surface area contributed by atoms with Crippen molar-refractivity contribution in [2.24, 2.45) is 0 Å². The van der Waals surface area contributed by atoms with Crippen molar-refractivity contribution in [3.8, 4) is 125 Å². The molecular weight excluding hydrogens is 1730 g/mol. The van der Waals surface area contributed by atoms with Gasteiger partial charge in [-0.25, -0.2) is 9.97 Å². The molecule has 0 saturated carbocycles. The van der Waals surface area contributed by atoms with Gasteiger partial charge in [-0.2, -0.15) is 0 Å². The Morgan fingerprint density at radius 1 is 0.190 bits per heavy atom. The third kappa shape index (κ3) is 32.2. The van der Waals surface area contributed by atoms with E-state index in [4.69, 9.17) is 68.3 Å². The molecule has 0 radical (unpaired) electrons. The van der Waals surface area contributed by atoms with Gasteiger partial charge in [-0.15, -0.1) is 0 Å². The number of nitrogens with zero attached hydrogens (tertiary/aromatic N) is 8. The van der Waals surface area contributed by atoms with Crippen molar-refractivity contribution in [2.45, 2.75) is 388 Å². The van der Waals surface area contributed by atoms with Crippen LogP contribution < -0.4 is 38.4 Å². The van der Waals surface area contributed by atoms with Crippen molar-refractivity contribution in [1.82, 2.24) is 39.9 Å². The zero-order chi connectivity index (χ0) is 94.0. The number of ether oxygens (including phenoxy) is 6. The van der Waals surface area contributed by atoms with Gasteiger partial charge in [0.15, 0.2) is 34.5 Å². The second kappa shape index (κ2) is 61.1. The Hall–Kier alpha value is -9.59. The zero-order valence-corrected chi connectivity index (χ0v) is 85.8. The molecular formula is C122H164N8NiO6. The molecule has 2 aliphatic heterocycles. The SMILES string of the molecule is CCCCCCCCCCCOc1cc2c(cc1OCCCCCCCCCCC)-c1nc-2nc2[n-]c(nc3nc(nc4[n-]c(n1)c1c(-c5ccccc5)c(-c5ccccc5)c(-c5ccccc5)c(-c5ccccc5)c41)-c1cc(OCCCCCCCCCCC)c(OCCCCCCCCCCC)cc1-3)c1cc(OCCCCCCCCCCC)c(OCCCCCCCCCCC)cc21.[Ni+2]. The van der Waals surface area contributed by atoms with E-state index in [0.29, 0.717) is 120 Å². The van der Waals surface area contributed by atoms with Gasteiger partial charge in [0.2, 0.25) is 0 Å². The first-order valence-electron chi connectivity index (χ1n) is 54.9. The van der Waals surface area contributed by atoms with Crippen LogP contribution in [0.5, 0.6) is 34.5 Å². The van der Waals surface area contributed by atoms with Gasteiger partial charge < -0.3 is 58.3 Å². The Morgan fingerprint density at radius 2 is 0.365 bits per heavy atom. The van der Waals surface area contributed by atoms with Gasteiger partial charge in [-0.05, 0) is 130 Å². The molecule has 0 atom stereocenters. The third-order valence-corrected chi connectivity index (χ3v) is 27.6. The molecule has 8 bridgehead atoms. The molecule has 0 spiro atoms. The summed E-state index contributed by atoms with van der Waals surface area (Å²) < 4.78 is 42.7. The maximum absolute atomic E-state index is 7.14. The first-order chi connectivity index (χ1) is 67.4. The predicted octanol–water partition coefficient (Wildman–Crippen LogP) is 36.3. The molecule has 5 heterocycles. The molecule has 0 saturated heterocycles. The van der Waals surface area contributed by atoms with E-state index in [2.05, 4.69) is 199 Å². The summed E-state index contributed by atoms with van der Waals surface area (Å²) in [6.45, 7) is 16.9. The standard InChI is InChI=1S/C122H164N8O6.Ni/c1-7-13-19-25-31-37-43-49-67-81-131-103-87-97-98(88-104(103)132-82-68-50-44-38-32-26-20-14-8-2)116-123-115(97)124-117-99-89-105(133-83-69-51-45-39-33-27-21-15-9-3)107(135-85-71-53-47-41-35-29-23-17-11-5)91-101(99)119(126-117)128-121-113-111(95-77-63-57-64-78-95)109(93-73-59-55-60-74-93)110(94-75-61-56-62-76-94)112(96-79-65-58-66-80-96)114(113)122(130-121)129-120-102-92-108(136-86-72-54-48-42-36-30-24-18-12-6)106(90-100(102)118(125-116)127-120)134-84-70-52-46-40-34-28-22-16-10-4;/h55-66,73-80,87-92H,7-54,67-72,81-86H2,1-6H3;/q-2;+2. The maximum atomic E-state index is 7.14. The molecule has 8 aromatic carbocycles. The smallest absolute Gasteiger partial charge is 0.490 e. The third-order valence-electron chi connectivity index (χ3n) is 27.6. The van der Waals surface area contributed by atoms with Crippen LogP contribution in [0.4, 0.5) is 0 Å². The van der Waals surface area contributed by atoms with E-state index in [1.54, 1.807) is 0 Å². The van der Waals surface area contributed by atoms with Crippen molar-refractivity contribution in [3.05, 3.63) is 158 Å². The van der Waals surface area contributed by atoms with Gasteiger partial charge in [0.25, 0.3) is 0 Å². The first-order valence-corrected chi connectivity index (χ1v) is 54.9. The topological polar surface area (TPSA) is 161 Å². The summed E-state index contributed by atoms with van der Waals surface area (Å²) in [7, 11) is 0. The summed E-state index contributed by atoms with van der Waals surface area (Å²) >= 11 is 0. The van der Waals surface area contributed by atoms with Crippen LogP contribution in [0.2, 0.25) is 0 Å². The summed E-state index contributed by atoms with van der Waals surface area (Å²) in [5.41, 5.74) is 12.7. The van der Waals surface area contributed by atoms with Crippen LogP contribution in [0, 0.1) is 0 Å². The Labute approximate surface area is 833 Å². The molecule has 15 heteroatoms. The molecule has 0 unspecified atom stereocenters. The average Bonchev–Trinajstić information content (AvgIpc) is 1.53. The number of fused-ring (bicyclic) bond motifs is 20. The summed E-state index contributed by atoms with van der Waals surface area (Å²) in [5, 5.41) is 3.10. The fourth-order valence-corrected chi connectivity index (χ4v) is 19.8. The molecule has 738 valence electrons. The summed E-state index contributed by atoms with van der Waals surface area (Å²) in [4.78, 5) is 46.9. The normalized spacial score (nSPS) is 11.7. The van der Waals surface area contributed by atoms with Crippen LogP contribution in [0.1, 0.15) is 388 Å². The van der Waals surface area contributed by atoms with Crippen molar-refractivity contribution < 1.29 is 44.9 Å². The summed E-state index contributed by atoms with van der Waals surface area (Å²) in [6, 6.07) is 56.1. The van der Waals surface area contributed by atoms with Crippen LogP contribution in [-0.2, 0) is 16.5 Å². The van der Waals surface area contributed by atoms with Crippen molar-refractivity contribution >= 4 is 44.1 Å². The molecule has 0 N–H and O–H groups in total. The number of benzene rings is 8. The van der Waals surface area contributed by atoms with Crippen molar-refractivity contribution in [1.29, 1.82) is 0 Å². The van der Waals surface area contributed by atoms with E-state index in [1.807, 2.05) is 0 Å². The molecule has 14 nitrogen and oxygen atoms in total. The summed E-state index contributed by atoms with van der Waals surface area (Å²) in [5.74, 6) is 5.58. The number of hydrogen-bond donors (Lipinski definition) is 0. The molecule has 0 aliphatic carbocycles. The van der Waals surface area contributed by atoms with Crippen LogP contribution >= 0.6 is 0 Å². The second-order valence-corrected chi connectivity index (χ2v) is 38.8. The van der Waals surface area contributed by atoms with Crippen LogP contribution in [-0.4, -0.2) is 69.5 Å². The van der Waals surface area contributed by atoms with E-state index in [1.165, 1.54) is 270 Å². The van der Waals surface area contributed by atoms with Crippen LogP contribution in [0.3, 0.4) is 0 Å². The molecule has 11 aromatic rings. The van der Waals surface area contributed by atoms with Gasteiger partial charge in [0.05, 0.1) is 62.9 Å². The number of unbranched alkanes of at least 4 members (excludes halogenated alkanes) is 48. The molecule has 137 heavy (non-hydrogen) atoms. The molecule has 0 fully saturated rings. The number of rotatable bonds is 70. The van der Waals surface area contributed by atoms with Gasteiger partial charge >= 0.3 is 16.5 Å². The minimum atomic E-state index is 0. The maximum Gasteiger partial charge on any atom is 2.00 e. The number of hydrogen-bond acceptors (Lipinski definition) is 12. The Kier molecular flexibility index (Phi) is 47.4. The Balaban J connectivity index is 0.0000168. The molecule has 3 aromatic heterocycles. The largest absolute Gasteiger partial charge is 2.00 e. The summed E-state index contributed by atoms with van der Waals surface area (Å²) in [6.07, 6.45) is 65.1. The van der Waals surface area contributed by atoms with Crippen LogP contribution in [0.15, 0.2) is 158 Å². The van der Waals surface area contributed by atoms with Crippen LogP contribution in [0.25, 0.3) is 134 Å². The van der Waals surface area contributed by atoms with Gasteiger partial charge in [0.1, 0.15) is 0 Å². The quantitative estimate of drug-likeness (QED) is 0.0261. The van der Waals surface area contributed by atoms with Gasteiger partial charge in [0, 0.05) is 55.6 Å². The minimum absolute atomic E-state index is 0. The monoisotopic (exact) mass is 1900 g/mol. The van der Waals surface area contributed by atoms with Crippen molar-refractivity contribution in [2.75, 3.05) is 39.6 Å². The predicted molar refractivity (Wildman–Crippen MR) is 572 cm³/mol. The Bertz CT molecular complexity index is 5150. The van der Waals surface area contributed by atoms with E-state index in [9.17, 15) is 0 Å². The van der Waals surface area contributed by atoms with E-state index >= 15 is 0 Å². The first kappa shape index (κ1) is 106. The minimum Gasteiger partial charge on any atom is -0.490 e. The molecule has 2 aliphatic rings. The number of aromatic nitrogens is 8. The Morgan fingerprint density at radius 3 is 0.577 bits per heavy atom. The van der Waals surface area contributed by atoms with E-state index < -0.39 is 0 Å². The van der Waals surface area contributed by atoms with Crippen molar-refractivity contribution in [3.63, 3.8) is 0 Å². The average molecular weight is 1900 g/mol. The fourth-order valence-electron chi connectivity index (χ4n) is 19.8. The molecule has 13 rings (SSSR count). The van der Waals surface area contributed by atoms with E-state index in [0.717, 1.165) is 165 Å². The fraction of sp³-hybridized carbons (Fsp3) is 0.541. The second-order valence-electron chi connectivity index (χ2n) is 38.8.